The fraction of sp³-hybridized carbons (Fsp3) is 0. The van der Waals surface area contributed by atoms with Crippen molar-refractivity contribution in [1.82, 2.24) is 0 Å². The van der Waals surface area contributed by atoms with Gasteiger partial charge in [0.1, 0.15) is 0 Å². The van der Waals surface area contributed by atoms with Gasteiger partial charge in [0.2, 0.25) is 0 Å². The Kier molecular flexibility index (Phi) is 1.24. The van der Waals surface area contributed by atoms with Gasteiger partial charge >= 0.3 is 0 Å². The number of fused-ring (bicyclic) bond motifs is 1. The molecule has 0 spiro atoms. The smallest absolute Gasteiger partial charge is 0.197 e. The number of ketones is 2. The van der Waals surface area contributed by atoms with E-state index in [0.29, 0.717) is 11.1 Å². The number of benzene rings is 1. The molecule has 0 N–H and O–H groups in total. The van der Waals surface area contributed by atoms with Crippen LogP contribution >= 0.6 is 0 Å². The van der Waals surface area contributed by atoms with E-state index >= 15 is 0 Å². The third-order valence-electron chi connectivity index (χ3n) is 1.96. The maximum absolute atomic E-state index is 11.3. The van der Waals surface area contributed by atoms with Crippen molar-refractivity contribution in [1.29, 1.82) is 0 Å². The Balaban J connectivity index is 2.76. The molecule has 0 saturated heterocycles. The first-order valence-corrected chi connectivity index (χ1v) is 3.59. The number of carbonyl (C=O) groups excluding carboxylic acids is 2. The molecular formula is C10H6O2. The minimum Gasteiger partial charge on any atom is -0.288 e. The highest BCUT2D eigenvalue weighted by Crippen LogP contribution is 2.24. The van der Waals surface area contributed by atoms with Crippen LogP contribution in [-0.2, 0) is 0 Å². The first-order chi connectivity index (χ1) is 5.72. The first-order valence-electron chi connectivity index (χ1n) is 3.59. The number of allylic oxidation sites excluding steroid dienone is 1. The van der Waals surface area contributed by atoms with Crippen molar-refractivity contribution >= 4 is 11.6 Å². The molecule has 2 heteroatoms. The molecule has 0 amide bonds. The van der Waals surface area contributed by atoms with E-state index in [-0.39, 0.29) is 17.1 Å². The van der Waals surface area contributed by atoms with E-state index in [4.69, 9.17) is 0 Å². The van der Waals surface area contributed by atoms with Crippen molar-refractivity contribution < 1.29 is 9.59 Å². The van der Waals surface area contributed by atoms with Crippen molar-refractivity contribution in [2.45, 2.75) is 0 Å². The lowest BCUT2D eigenvalue weighted by Crippen LogP contribution is -1.97. The van der Waals surface area contributed by atoms with Gasteiger partial charge in [0.05, 0.1) is 5.57 Å². The largest absolute Gasteiger partial charge is 0.288 e. The summed E-state index contributed by atoms with van der Waals surface area (Å²) < 4.78 is 0. The SMILES string of the molecule is C=C1C(=O)c2ccccc2C1=O. The second kappa shape index (κ2) is 2.14. The summed E-state index contributed by atoms with van der Waals surface area (Å²) in [5.41, 5.74) is 1.04. The van der Waals surface area contributed by atoms with Crippen LogP contribution in [-0.4, -0.2) is 11.6 Å². The third-order valence-corrected chi connectivity index (χ3v) is 1.96. The van der Waals surface area contributed by atoms with Crippen LogP contribution in [0.2, 0.25) is 0 Å². The summed E-state index contributed by atoms with van der Waals surface area (Å²) in [4.78, 5) is 22.6. The molecule has 58 valence electrons. The molecule has 0 saturated carbocycles. The molecule has 2 rings (SSSR count). The predicted octanol–water partition coefficient (Wildman–Crippen LogP) is 1.62. The molecule has 0 aliphatic heterocycles. The Morgan fingerprint density at radius 3 is 1.75 bits per heavy atom. The lowest BCUT2D eigenvalue weighted by molar-refractivity contribution is 0.0989. The molecule has 2 nitrogen and oxygen atoms in total. The fourth-order valence-electron chi connectivity index (χ4n) is 1.31. The molecule has 0 heterocycles. The summed E-state index contributed by atoms with van der Waals surface area (Å²) in [6.07, 6.45) is 0. The average molecular weight is 158 g/mol. The number of carbonyl (C=O) groups is 2. The lowest BCUT2D eigenvalue weighted by atomic mass is 10.1. The molecule has 1 aromatic rings. The Morgan fingerprint density at radius 2 is 1.33 bits per heavy atom. The van der Waals surface area contributed by atoms with Gasteiger partial charge in [-0.1, -0.05) is 30.8 Å². The summed E-state index contributed by atoms with van der Waals surface area (Å²) in [7, 11) is 0. The lowest BCUT2D eigenvalue weighted by Gasteiger charge is -1.90. The highest BCUT2D eigenvalue weighted by atomic mass is 16.2. The van der Waals surface area contributed by atoms with E-state index in [0.717, 1.165) is 0 Å². The Labute approximate surface area is 69.5 Å². The van der Waals surface area contributed by atoms with Crippen LogP contribution in [0.4, 0.5) is 0 Å². The highest BCUT2D eigenvalue weighted by molar-refractivity contribution is 6.39. The monoisotopic (exact) mass is 158 g/mol. The molecule has 0 atom stereocenters. The van der Waals surface area contributed by atoms with Gasteiger partial charge in [0.25, 0.3) is 0 Å². The standard InChI is InChI=1S/C10H6O2/c1-6-9(11)7-4-2-3-5-8(7)10(6)12/h2-5H,1H2. The van der Waals surface area contributed by atoms with Crippen molar-refractivity contribution in [3.63, 3.8) is 0 Å². The zero-order chi connectivity index (χ0) is 8.72. The molecule has 0 radical (unpaired) electrons. The van der Waals surface area contributed by atoms with Crippen LogP contribution in [0, 0.1) is 0 Å². The summed E-state index contributed by atoms with van der Waals surface area (Å²) in [6.45, 7) is 3.43. The van der Waals surface area contributed by atoms with Gasteiger partial charge in [-0.15, -0.1) is 0 Å². The molecule has 1 aliphatic carbocycles. The average Bonchev–Trinajstić information content (AvgIpc) is 2.33. The van der Waals surface area contributed by atoms with Crippen LogP contribution in [0.15, 0.2) is 36.4 Å². The van der Waals surface area contributed by atoms with E-state index in [1.54, 1.807) is 24.3 Å². The van der Waals surface area contributed by atoms with Crippen LogP contribution < -0.4 is 0 Å². The number of hydrogen-bond acceptors (Lipinski definition) is 2. The Morgan fingerprint density at radius 1 is 0.917 bits per heavy atom. The van der Waals surface area contributed by atoms with Gasteiger partial charge in [0.15, 0.2) is 11.6 Å². The van der Waals surface area contributed by atoms with Crippen molar-refractivity contribution in [3.8, 4) is 0 Å². The van der Waals surface area contributed by atoms with Gasteiger partial charge in [-0.05, 0) is 0 Å². The zero-order valence-corrected chi connectivity index (χ0v) is 6.33. The fourth-order valence-corrected chi connectivity index (χ4v) is 1.31. The minimum atomic E-state index is -0.240. The molecule has 0 bridgehead atoms. The third kappa shape index (κ3) is 0.691. The van der Waals surface area contributed by atoms with Gasteiger partial charge in [-0.25, -0.2) is 0 Å². The quantitative estimate of drug-likeness (QED) is 0.424. The maximum Gasteiger partial charge on any atom is 0.197 e. The highest BCUT2D eigenvalue weighted by Gasteiger charge is 2.30. The second-order valence-electron chi connectivity index (χ2n) is 2.68. The second-order valence-corrected chi connectivity index (χ2v) is 2.68. The molecule has 0 aromatic heterocycles. The van der Waals surface area contributed by atoms with Gasteiger partial charge in [-0.3, -0.25) is 9.59 Å². The zero-order valence-electron chi connectivity index (χ0n) is 6.33. The van der Waals surface area contributed by atoms with Crippen LogP contribution in [0.1, 0.15) is 20.7 Å². The van der Waals surface area contributed by atoms with Crippen LogP contribution in [0.3, 0.4) is 0 Å². The van der Waals surface area contributed by atoms with Crippen molar-refractivity contribution in [2.24, 2.45) is 0 Å². The maximum atomic E-state index is 11.3. The molecule has 0 unspecified atom stereocenters. The van der Waals surface area contributed by atoms with E-state index in [1.165, 1.54) is 0 Å². The molecule has 12 heavy (non-hydrogen) atoms. The number of Topliss-reactive ketones (excluding diaryl/α,β-unsaturated/α-hetero) is 2. The summed E-state index contributed by atoms with van der Waals surface area (Å²) in [5.74, 6) is -0.480. The van der Waals surface area contributed by atoms with Gasteiger partial charge in [-0.2, -0.15) is 0 Å². The summed E-state index contributed by atoms with van der Waals surface area (Å²) >= 11 is 0. The van der Waals surface area contributed by atoms with E-state index in [9.17, 15) is 9.59 Å². The van der Waals surface area contributed by atoms with Gasteiger partial charge < -0.3 is 0 Å². The Bertz CT molecular complexity index is 365. The Hall–Kier alpha value is -1.70. The number of rotatable bonds is 0. The molecular weight excluding hydrogens is 152 g/mol. The minimum absolute atomic E-state index is 0.0798. The summed E-state index contributed by atoms with van der Waals surface area (Å²) in [6, 6.07) is 6.77. The van der Waals surface area contributed by atoms with E-state index in [2.05, 4.69) is 6.58 Å². The molecule has 1 aliphatic rings. The van der Waals surface area contributed by atoms with Gasteiger partial charge in [0, 0.05) is 11.1 Å². The topological polar surface area (TPSA) is 34.1 Å². The van der Waals surface area contributed by atoms with Crippen molar-refractivity contribution in [3.05, 3.63) is 47.5 Å². The summed E-state index contributed by atoms with van der Waals surface area (Å²) in [5, 5.41) is 0. The van der Waals surface area contributed by atoms with Crippen molar-refractivity contribution in [2.75, 3.05) is 0 Å². The molecule has 0 fully saturated rings. The predicted molar refractivity (Wildman–Crippen MR) is 44.2 cm³/mol. The van der Waals surface area contributed by atoms with E-state index in [1.807, 2.05) is 0 Å². The van der Waals surface area contributed by atoms with Crippen LogP contribution in [0.25, 0.3) is 0 Å². The van der Waals surface area contributed by atoms with E-state index < -0.39 is 0 Å². The number of hydrogen-bond donors (Lipinski definition) is 0. The normalized spacial score (nSPS) is 15.2. The first kappa shape index (κ1) is 6.98. The molecule has 1 aromatic carbocycles. The van der Waals surface area contributed by atoms with Crippen LogP contribution in [0.5, 0.6) is 0 Å².